The van der Waals surface area contributed by atoms with Gasteiger partial charge in [-0.1, -0.05) is 41.9 Å². The fourth-order valence-electron chi connectivity index (χ4n) is 2.09. The van der Waals surface area contributed by atoms with Gasteiger partial charge in [0, 0.05) is 18.4 Å². The van der Waals surface area contributed by atoms with Gasteiger partial charge in [-0.15, -0.1) is 0 Å². The van der Waals surface area contributed by atoms with Gasteiger partial charge in [0.05, 0.1) is 6.04 Å². The molecular formula is C16H17ClN2O2. The Bertz CT molecular complexity index is 590. The van der Waals surface area contributed by atoms with Crippen molar-refractivity contribution in [3.8, 4) is 0 Å². The number of hydrogen-bond donors (Lipinski definition) is 2. The Labute approximate surface area is 128 Å². The molecule has 1 unspecified atom stereocenters. The average Bonchev–Trinajstić information content (AvgIpc) is 2.52. The number of nitrogens with one attached hydrogen (secondary N) is 1. The van der Waals surface area contributed by atoms with Crippen molar-refractivity contribution in [2.24, 2.45) is 0 Å². The van der Waals surface area contributed by atoms with Gasteiger partial charge in [-0.05, 0) is 30.5 Å². The van der Waals surface area contributed by atoms with E-state index in [4.69, 9.17) is 16.7 Å². The van der Waals surface area contributed by atoms with E-state index in [2.05, 4.69) is 10.3 Å². The molecule has 1 amide bonds. The smallest absolute Gasteiger partial charge is 0.251 e. The topological polar surface area (TPSA) is 62.2 Å². The molecule has 110 valence electrons. The van der Waals surface area contributed by atoms with E-state index in [-0.39, 0.29) is 23.7 Å². The third-order valence-corrected chi connectivity index (χ3v) is 3.35. The number of benzene rings is 1. The van der Waals surface area contributed by atoms with Crippen molar-refractivity contribution in [2.75, 3.05) is 6.61 Å². The highest BCUT2D eigenvalue weighted by atomic mass is 35.5. The molecule has 2 N–H and O–H groups in total. The zero-order valence-electron chi connectivity index (χ0n) is 11.5. The normalized spacial score (nSPS) is 11.9. The molecule has 2 aromatic rings. The van der Waals surface area contributed by atoms with Gasteiger partial charge in [0.25, 0.3) is 5.91 Å². The Kier molecular flexibility index (Phi) is 5.72. The van der Waals surface area contributed by atoms with Crippen molar-refractivity contribution >= 4 is 17.5 Å². The zero-order chi connectivity index (χ0) is 15.1. The highest BCUT2D eigenvalue weighted by molar-refractivity contribution is 6.29. The molecule has 0 saturated heterocycles. The molecule has 1 aromatic carbocycles. The molecular weight excluding hydrogens is 288 g/mol. The van der Waals surface area contributed by atoms with Crippen molar-refractivity contribution in [3.63, 3.8) is 0 Å². The van der Waals surface area contributed by atoms with Crippen LogP contribution in [0.4, 0.5) is 0 Å². The highest BCUT2D eigenvalue weighted by Crippen LogP contribution is 2.19. The lowest BCUT2D eigenvalue weighted by molar-refractivity contribution is 0.0932. The van der Waals surface area contributed by atoms with Crippen LogP contribution < -0.4 is 5.32 Å². The molecule has 5 heteroatoms. The lowest BCUT2D eigenvalue weighted by Gasteiger charge is -2.19. The number of aliphatic hydroxyl groups excluding tert-OH is 1. The van der Waals surface area contributed by atoms with Crippen molar-refractivity contribution in [2.45, 2.75) is 18.9 Å². The van der Waals surface area contributed by atoms with Crippen LogP contribution in [0.3, 0.4) is 0 Å². The first-order chi connectivity index (χ1) is 10.2. The molecule has 0 bridgehead atoms. The monoisotopic (exact) mass is 304 g/mol. The van der Waals surface area contributed by atoms with E-state index in [1.54, 1.807) is 6.07 Å². The van der Waals surface area contributed by atoms with Crippen LogP contribution in [0.1, 0.15) is 34.8 Å². The number of aromatic nitrogens is 1. The van der Waals surface area contributed by atoms with E-state index in [0.717, 1.165) is 5.56 Å². The minimum atomic E-state index is -0.203. The standard InChI is InChI=1S/C16H17ClN2O2/c17-15-11-13(8-9-18-15)16(21)19-14(7-4-10-20)12-5-2-1-3-6-12/h1-3,5-6,8-9,11,14,20H,4,7,10H2,(H,19,21). The number of carbonyl (C=O) groups is 1. The van der Waals surface area contributed by atoms with E-state index in [0.29, 0.717) is 18.4 Å². The lowest BCUT2D eigenvalue weighted by atomic mass is 10.0. The zero-order valence-corrected chi connectivity index (χ0v) is 12.3. The van der Waals surface area contributed by atoms with Gasteiger partial charge in [-0.2, -0.15) is 0 Å². The second kappa shape index (κ2) is 7.76. The lowest BCUT2D eigenvalue weighted by Crippen LogP contribution is -2.28. The molecule has 0 saturated carbocycles. The average molecular weight is 305 g/mol. The predicted molar refractivity (Wildman–Crippen MR) is 82.2 cm³/mol. The summed E-state index contributed by atoms with van der Waals surface area (Å²) in [4.78, 5) is 16.1. The maximum absolute atomic E-state index is 12.3. The molecule has 1 atom stereocenters. The van der Waals surface area contributed by atoms with Gasteiger partial charge in [0.1, 0.15) is 5.15 Å². The summed E-state index contributed by atoms with van der Waals surface area (Å²) in [5.41, 5.74) is 1.49. The molecule has 1 heterocycles. The Balaban J connectivity index is 2.13. The first kappa shape index (κ1) is 15.5. The summed E-state index contributed by atoms with van der Waals surface area (Å²) in [6, 6.07) is 12.7. The Morgan fingerprint density at radius 2 is 2.05 bits per heavy atom. The van der Waals surface area contributed by atoms with E-state index < -0.39 is 0 Å². The number of pyridine rings is 1. The largest absolute Gasteiger partial charge is 0.396 e. The predicted octanol–water partition coefficient (Wildman–Crippen LogP) is 2.98. The molecule has 0 spiro atoms. The van der Waals surface area contributed by atoms with Crippen LogP contribution in [0.15, 0.2) is 48.7 Å². The summed E-state index contributed by atoms with van der Waals surface area (Å²) < 4.78 is 0. The Morgan fingerprint density at radius 1 is 1.29 bits per heavy atom. The van der Waals surface area contributed by atoms with Gasteiger partial charge in [-0.25, -0.2) is 4.98 Å². The number of rotatable bonds is 6. The van der Waals surface area contributed by atoms with E-state index in [9.17, 15) is 4.79 Å². The Hall–Kier alpha value is -1.91. The van der Waals surface area contributed by atoms with E-state index >= 15 is 0 Å². The summed E-state index contributed by atoms with van der Waals surface area (Å²) in [6.07, 6.45) is 2.80. The van der Waals surface area contributed by atoms with Gasteiger partial charge in [0.15, 0.2) is 0 Å². The van der Waals surface area contributed by atoms with Crippen LogP contribution in [0.2, 0.25) is 5.15 Å². The van der Waals surface area contributed by atoms with Crippen molar-refractivity contribution < 1.29 is 9.90 Å². The summed E-state index contributed by atoms with van der Waals surface area (Å²) in [7, 11) is 0. The van der Waals surface area contributed by atoms with Gasteiger partial charge >= 0.3 is 0 Å². The minimum absolute atomic E-state index is 0.0975. The molecule has 0 fully saturated rings. The van der Waals surface area contributed by atoms with Gasteiger partial charge in [-0.3, -0.25) is 4.79 Å². The van der Waals surface area contributed by atoms with Crippen LogP contribution in [-0.2, 0) is 0 Å². The first-order valence-electron chi connectivity index (χ1n) is 6.79. The number of carbonyl (C=O) groups excluding carboxylic acids is 1. The van der Waals surface area contributed by atoms with E-state index in [1.165, 1.54) is 12.3 Å². The molecule has 0 radical (unpaired) electrons. The SMILES string of the molecule is O=C(NC(CCCO)c1ccccc1)c1ccnc(Cl)c1. The van der Waals surface area contributed by atoms with Gasteiger partial charge < -0.3 is 10.4 Å². The summed E-state index contributed by atoms with van der Waals surface area (Å²) in [6.45, 7) is 0.0975. The maximum atomic E-state index is 12.3. The molecule has 21 heavy (non-hydrogen) atoms. The van der Waals surface area contributed by atoms with Crippen molar-refractivity contribution in [3.05, 3.63) is 64.9 Å². The van der Waals surface area contributed by atoms with Gasteiger partial charge in [0.2, 0.25) is 0 Å². The summed E-state index contributed by atoms with van der Waals surface area (Å²) >= 11 is 5.80. The quantitative estimate of drug-likeness (QED) is 0.807. The Morgan fingerprint density at radius 3 is 2.71 bits per heavy atom. The first-order valence-corrected chi connectivity index (χ1v) is 7.16. The molecule has 0 aliphatic heterocycles. The van der Waals surface area contributed by atoms with Crippen LogP contribution in [-0.4, -0.2) is 22.6 Å². The third-order valence-electron chi connectivity index (χ3n) is 3.15. The number of halogens is 1. The third kappa shape index (κ3) is 4.55. The minimum Gasteiger partial charge on any atom is -0.396 e. The van der Waals surface area contributed by atoms with Crippen molar-refractivity contribution in [1.82, 2.24) is 10.3 Å². The fourth-order valence-corrected chi connectivity index (χ4v) is 2.26. The maximum Gasteiger partial charge on any atom is 0.251 e. The fraction of sp³-hybridized carbons (Fsp3) is 0.250. The number of nitrogens with zero attached hydrogens (tertiary/aromatic N) is 1. The molecule has 1 aromatic heterocycles. The number of hydrogen-bond acceptors (Lipinski definition) is 3. The molecule has 4 nitrogen and oxygen atoms in total. The van der Waals surface area contributed by atoms with E-state index in [1.807, 2.05) is 30.3 Å². The molecule has 0 aliphatic rings. The number of aliphatic hydroxyl groups is 1. The van der Waals surface area contributed by atoms with Crippen LogP contribution in [0.5, 0.6) is 0 Å². The second-order valence-electron chi connectivity index (χ2n) is 4.67. The van der Waals surface area contributed by atoms with Crippen LogP contribution >= 0.6 is 11.6 Å². The van der Waals surface area contributed by atoms with Crippen LogP contribution in [0, 0.1) is 0 Å². The second-order valence-corrected chi connectivity index (χ2v) is 5.06. The summed E-state index contributed by atoms with van der Waals surface area (Å²) in [5, 5.41) is 12.3. The molecule has 2 rings (SSSR count). The van der Waals surface area contributed by atoms with Crippen molar-refractivity contribution in [1.29, 1.82) is 0 Å². The van der Waals surface area contributed by atoms with Crippen LogP contribution in [0.25, 0.3) is 0 Å². The molecule has 0 aliphatic carbocycles. The highest BCUT2D eigenvalue weighted by Gasteiger charge is 2.15. The number of amides is 1. The summed E-state index contributed by atoms with van der Waals surface area (Å²) in [5.74, 6) is -0.203.